The van der Waals surface area contributed by atoms with Crippen LogP contribution in [-0.2, 0) is 22.4 Å². The number of aryl methyl sites for hydroxylation is 2. The summed E-state index contributed by atoms with van der Waals surface area (Å²) in [5.74, 6) is -1.95. The van der Waals surface area contributed by atoms with Crippen LogP contribution < -0.4 is 15.7 Å². The maximum Gasteiger partial charge on any atom is 0.258 e. The van der Waals surface area contributed by atoms with Crippen LogP contribution in [0.5, 0.6) is 0 Å². The first-order valence-electron chi connectivity index (χ1n) is 8.97. The number of carbonyl (C=O) groups excluding carboxylic acids is 3. The Balaban J connectivity index is 1.87. The van der Waals surface area contributed by atoms with E-state index in [1.165, 1.54) is 11.3 Å². The van der Waals surface area contributed by atoms with Crippen molar-refractivity contribution >= 4 is 39.8 Å². The average molecular weight is 385 g/mol. The van der Waals surface area contributed by atoms with Crippen LogP contribution >= 0.6 is 11.3 Å². The Bertz CT molecular complexity index is 888. The largest absolute Gasteiger partial charge is 0.550 e. The van der Waals surface area contributed by atoms with Gasteiger partial charge in [0.05, 0.1) is 5.56 Å². The molecule has 0 saturated heterocycles. The molecule has 0 saturated carbocycles. The summed E-state index contributed by atoms with van der Waals surface area (Å²) >= 11 is 1.41. The number of aliphatic carboxylic acids is 1. The third-order valence-electron chi connectivity index (χ3n) is 4.60. The van der Waals surface area contributed by atoms with Crippen molar-refractivity contribution in [2.24, 2.45) is 0 Å². The Morgan fingerprint density at radius 3 is 2.56 bits per heavy atom. The molecule has 0 aliphatic heterocycles. The van der Waals surface area contributed by atoms with Crippen LogP contribution in [0.1, 0.15) is 52.0 Å². The molecule has 3 rings (SSSR count). The third kappa shape index (κ3) is 4.54. The van der Waals surface area contributed by atoms with Gasteiger partial charge in [-0.3, -0.25) is 9.59 Å². The molecule has 6 nitrogen and oxygen atoms in total. The molecule has 7 heteroatoms. The minimum Gasteiger partial charge on any atom is -0.550 e. The monoisotopic (exact) mass is 385 g/mol. The van der Waals surface area contributed by atoms with Gasteiger partial charge in [0.1, 0.15) is 5.00 Å². The molecule has 0 unspecified atom stereocenters. The molecule has 0 fully saturated rings. The van der Waals surface area contributed by atoms with Gasteiger partial charge in [-0.2, -0.15) is 0 Å². The predicted octanol–water partition coefficient (Wildman–Crippen LogP) is 2.66. The van der Waals surface area contributed by atoms with E-state index in [-0.39, 0.29) is 18.7 Å². The van der Waals surface area contributed by atoms with Gasteiger partial charge in [0.25, 0.3) is 5.91 Å². The third-order valence-corrected chi connectivity index (χ3v) is 5.81. The fourth-order valence-corrected chi connectivity index (χ4v) is 4.50. The van der Waals surface area contributed by atoms with Gasteiger partial charge in [-0.15, -0.1) is 11.3 Å². The number of fused-ring (bicyclic) bond motifs is 1. The van der Waals surface area contributed by atoms with E-state index in [0.29, 0.717) is 10.6 Å². The van der Waals surface area contributed by atoms with Crippen molar-refractivity contribution in [2.45, 2.75) is 45.4 Å². The predicted molar refractivity (Wildman–Crippen MR) is 103 cm³/mol. The van der Waals surface area contributed by atoms with Crippen molar-refractivity contribution in [1.82, 2.24) is 0 Å². The molecule has 0 spiro atoms. The number of thiophene rings is 1. The minimum atomic E-state index is -1.27. The number of nitrogens with one attached hydrogen (secondary N) is 2. The maximum absolute atomic E-state index is 13.0. The summed E-state index contributed by atoms with van der Waals surface area (Å²) in [6.07, 6.45) is 3.24. The topological polar surface area (TPSA) is 98.3 Å². The summed E-state index contributed by atoms with van der Waals surface area (Å²) in [5, 5.41) is 16.7. The Morgan fingerprint density at radius 1 is 1.07 bits per heavy atom. The minimum absolute atomic E-state index is 0.177. The Morgan fingerprint density at radius 2 is 1.81 bits per heavy atom. The molecular weight excluding hydrogens is 364 g/mol. The summed E-state index contributed by atoms with van der Waals surface area (Å²) < 4.78 is 0. The summed E-state index contributed by atoms with van der Waals surface area (Å²) in [7, 11) is 0. The molecule has 0 bridgehead atoms. The lowest BCUT2D eigenvalue weighted by Crippen LogP contribution is -2.24. The Kier molecular flexibility index (Phi) is 5.91. The Labute approximate surface area is 161 Å². The SMILES string of the molecule is Cc1ccccc1NC(=O)c1c(NC(=O)CCC(=O)[O-])sc2c1CCCC2. The molecule has 1 aliphatic rings. The second-order valence-electron chi connectivity index (χ2n) is 6.60. The van der Waals surface area contributed by atoms with Crippen LogP contribution in [0.4, 0.5) is 10.7 Å². The summed E-state index contributed by atoms with van der Waals surface area (Å²) in [4.78, 5) is 36.8. The van der Waals surface area contributed by atoms with E-state index in [9.17, 15) is 19.5 Å². The second-order valence-corrected chi connectivity index (χ2v) is 7.71. The molecule has 1 heterocycles. The number of anilines is 2. The number of amides is 2. The molecule has 1 aromatic heterocycles. The van der Waals surface area contributed by atoms with E-state index in [1.54, 1.807) is 0 Å². The molecule has 0 radical (unpaired) electrons. The molecule has 1 aromatic carbocycles. The van der Waals surface area contributed by atoms with E-state index >= 15 is 0 Å². The number of carbonyl (C=O) groups is 3. The second kappa shape index (κ2) is 8.35. The van der Waals surface area contributed by atoms with Crippen LogP contribution in [0.3, 0.4) is 0 Å². The number of carboxylic acids is 1. The zero-order valence-corrected chi connectivity index (χ0v) is 15.9. The number of hydrogen-bond donors (Lipinski definition) is 2. The van der Waals surface area contributed by atoms with E-state index in [2.05, 4.69) is 10.6 Å². The van der Waals surface area contributed by atoms with Crippen molar-refractivity contribution in [2.75, 3.05) is 10.6 Å². The zero-order chi connectivity index (χ0) is 19.4. The van der Waals surface area contributed by atoms with E-state index in [4.69, 9.17) is 0 Å². The number of para-hydroxylation sites is 1. The van der Waals surface area contributed by atoms with Crippen LogP contribution in [0.2, 0.25) is 0 Å². The molecule has 27 heavy (non-hydrogen) atoms. The number of carboxylic acid groups (broad SMARTS) is 1. The summed E-state index contributed by atoms with van der Waals surface area (Å²) in [5.41, 5.74) is 3.18. The van der Waals surface area contributed by atoms with Gasteiger partial charge >= 0.3 is 0 Å². The number of hydrogen-bond acceptors (Lipinski definition) is 5. The fraction of sp³-hybridized carbons (Fsp3) is 0.350. The number of rotatable bonds is 6. The lowest BCUT2D eigenvalue weighted by molar-refractivity contribution is -0.305. The fourth-order valence-electron chi connectivity index (χ4n) is 3.20. The highest BCUT2D eigenvalue weighted by Gasteiger charge is 2.26. The van der Waals surface area contributed by atoms with Gasteiger partial charge in [0.2, 0.25) is 5.91 Å². The van der Waals surface area contributed by atoms with E-state index < -0.39 is 11.9 Å². The van der Waals surface area contributed by atoms with Crippen molar-refractivity contribution in [3.63, 3.8) is 0 Å². The summed E-state index contributed by atoms with van der Waals surface area (Å²) in [6, 6.07) is 7.51. The molecule has 2 N–H and O–H groups in total. The molecule has 2 aromatic rings. The van der Waals surface area contributed by atoms with E-state index in [0.717, 1.165) is 47.4 Å². The first-order chi connectivity index (χ1) is 13.0. The van der Waals surface area contributed by atoms with Crippen molar-refractivity contribution in [1.29, 1.82) is 0 Å². The molecule has 1 aliphatic carbocycles. The highest BCUT2D eigenvalue weighted by Crippen LogP contribution is 2.38. The molecule has 0 atom stereocenters. The first-order valence-corrected chi connectivity index (χ1v) is 9.78. The van der Waals surface area contributed by atoms with Gasteiger partial charge < -0.3 is 20.5 Å². The van der Waals surface area contributed by atoms with Crippen molar-refractivity contribution in [3.8, 4) is 0 Å². The Hall–Kier alpha value is -2.67. The van der Waals surface area contributed by atoms with Crippen molar-refractivity contribution in [3.05, 3.63) is 45.8 Å². The van der Waals surface area contributed by atoms with Crippen molar-refractivity contribution < 1.29 is 19.5 Å². The molecule has 2 amide bonds. The lowest BCUT2D eigenvalue weighted by Gasteiger charge is -2.14. The highest BCUT2D eigenvalue weighted by atomic mass is 32.1. The quantitative estimate of drug-likeness (QED) is 0.799. The van der Waals surface area contributed by atoms with Crippen LogP contribution in [0.25, 0.3) is 0 Å². The standard InChI is InChI=1S/C20H22N2O4S/c1-12-6-2-4-8-14(12)21-19(26)18-13-7-3-5-9-15(13)27-20(18)22-16(23)10-11-17(24)25/h2,4,6,8H,3,5,7,9-11H2,1H3,(H,21,26)(H,22,23)(H,24,25)/p-1. The molecule has 142 valence electrons. The van der Waals surface area contributed by atoms with Gasteiger partial charge in [-0.25, -0.2) is 0 Å². The normalized spacial score (nSPS) is 12.9. The number of benzene rings is 1. The van der Waals surface area contributed by atoms with Crippen LogP contribution in [0, 0.1) is 6.92 Å². The van der Waals surface area contributed by atoms with E-state index in [1.807, 2.05) is 31.2 Å². The summed E-state index contributed by atoms with van der Waals surface area (Å²) in [6.45, 7) is 1.92. The maximum atomic E-state index is 13.0. The first kappa shape index (κ1) is 19.1. The zero-order valence-electron chi connectivity index (χ0n) is 15.1. The van der Waals surface area contributed by atoms with Crippen LogP contribution in [-0.4, -0.2) is 17.8 Å². The smallest absolute Gasteiger partial charge is 0.258 e. The highest BCUT2D eigenvalue weighted by molar-refractivity contribution is 7.17. The van der Waals surface area contributed by atoms with Gasteiger partial charge in [0, 0.05) is 23.0 Å². The van der Waals surface area contributed by atoms with Gasteiger partial charge in [-0.05, 0) is 56.2 Å². The van der Waals surface area contributed by atoms with Gasteiger partial charge in [-0.1, -0.05) is 18.2 Å². The molecular formula is C20H21N2O4S-. The van der Waals surface area contributed by atoms with Crippen LogP contribution in [0.15, 0.2) is 24.3 Å². The average Bonchev–Trinajstić information content (AvgIpc) is 2.99. The van der Waals surface area contributed by atoms with Gasteiger partial charge in [0.15, 0.2) is 0 Å². The lowest BCUT2D eigenvalue weighted by atomic mass is 9.95.